The van der Waals surface area contributed by atoms with Crippen LogP contribution in [0, 0.1) is 5.92 Å². The van der Waals surface area contributed by atoms with Crippen molar-refractivity contribution in [3.8, 4) is 0 Å². The number of hydrogen-bond acceptors (Lipinski definition) is 1. The maximum Gasteiger partial charge on any atom is 0.00668 e. The monoisotopic (exact) mass is 225 g/mol. The minimum absolute atomic E-state index is 0.828. The molecule has 96 valence electrons. The van der Waals surface area contributed by atoms with Crippen molar-refractivity contribution in [2.24, 2.45) is 5.92 Å². The van der Waals surface area contributed by atoms with E-state index in [1.165, 1.54) is 70.6 Å². The van der Waals surface area contributed by atoms with Gasteiger partial charge < -0.3 is 5.32 Å². The molecule has 0 bridgehead atoms. The topological polar surface area (TPSA) is 12.0 Å². The van der Waals surface area contributed by atoms with Gasteiger partial charge in [-0.3, -0.25) is 0 Å². The van der Waals surface area contributed by atoms with Crippen molar-refractivity contribution in [2.75, 3.05) is 7.05 Å². The second-order valence-corrected chi connectivity index (χ2v) is 5.57. The van der Waals surface area contributed by atoms with E-state index in [4.69, 9.17) is 0 Å². The summed E-state index contributed by atoms with van der Waals surface area (Å²) in [6.07, 6.45) is 16.0. The molecule has 1 aliphatic carbocycles. The van der Waals surface area contributed by atoms with Gasteiger partial charge in [0.25, 0.3) is 0 Å². The summed E-state index contributed by atoms with van der Waals surface area (Å²) in [5.74, 6) is 1.04. The van der Waals surface area contributed by atoms with Crippen molar-refractivity contribution in [2.45, 2.75) is 83.6 Å². The summed E-state index contributed by atoms with van der Waals surface area (Å²) in [6.45, 7) is 2.29. The smallest absolute Gasteiger partial charge is 0.00668 e. The Morgan fingerprint density at radius 1 is 0.938 bits per heavy atom. The fraction of sp³-hybridized carbons (Fsp3) is 1.00. The van der Waals surface area contributed by atoms with Gasteiger partial charge >= 0.3 is 0 Å². The van der Waals surface area contributed by atoms with Gasteiger partial charge in [0.1, 0.15) is 0 Å². The zero-order valence-electron chi connectivity index (χ0n) is 11.4. The molecule has 1 fully saturated rings. The summed E-state index contributed by atoms with van der Waals surface area (Å²) in [5, 5.41) is 3.42. The molecule has 1 heteroatoms. The lowest BCUT2D eigenvalue weighted by molar-refractivity contribution is 0.447. The van der Waals surface area contributed by atoms with E-state index in [2.05, 4.69) is 19.3 Å². The molecule has 0 spiro atoms. The van der Waals surface area contributed by atoms with Crippen molar-refractivity contribution in [3.63, 3.8) is 0 Å². The first-order valence-corrected chi connectivity index (χ1v) is 7.54. The van der Waals surface area contributed by atoms with Gasteiger partial charge in [-0.1, -0.05) is 58.3 Å². The van der Waals surface area contributed by atoms with Crippen molar-refractivity contribution < 1.29 is 0 Å². The zero-order chi connectivity index (χ0) is 11.6. The number of unbranched alkanes of at least 4 members (excludes halogenated alkanes) is 6. The predicted octanol–water partition coefficient (Wildman–Crippen LogP) is 4.52. The third kappa shape index (κ3) is 5.89. The number of hydrogen-bond donors (Lipinski definition) is 1. The molecule has 0 aromatic rings. The maximum absolute atomic E-state index is 3.42. The second-order valence-electron chi connectivity index (χ2n) is 5.57. The summed E-state index contributed by atoms with van der Waals surface area (Å²) >= 11 is 0. The third-order valence-corrected chi connectivity index (χ3v) is 4.17. The first kappa shape index (κ1) is 14.0. The Balaban J connectivity index is 1.84. The highest BCUT2D eigenvalue weighted by Gasteiger charge is 2.22. The Labute approximate surface area is 102 Å². The van der Waals surface area contributed by atoms with Gasteiger partial charge in [0.05, 0.1) is 0 Å². The molecule has 1 rings (SSSR count). The summed E-state index contributed by atoms with van der Waals surface area (Å²) in [7, 11) is 2.11. The van der Waals surface area contributed by atoms with Gasteiger partial charge in [0, 0.05) is 6.04 Å². The molecule has 0 heterocycles. The van der Waals surface area contributed by atoms with Gasteiger partial charge in [0.2, 0.25) is 0 Å². The molecule has 0 aliphatic heterocycles. The van der Waals surface area contributed by atoms with Crippen molar-refractivity contribution in [1.29, 1.82) is 0 Å². The quantitative estimate of drug-likeness (QED) is 0.569. The molecule has 0 aromatic carbocycles. The lowest BCUT2D eigenvalue weighted by atomic mass is 9.98. The van der Waals surface area contributed by atoms with E-state index in [0.717, 1.165) is 12.0 Å². The van der Waals surface area contributed by atoms with Crippen molar-refractivity contribution in [3.05, 3.63) is 0 Å². The molecule has 2 atom stereocenters. The number of nitrogens with one attached hydrogen (secondary N) is 1. The van der Waals surface area contributed by atoms with Crippen LogP contribution in [-0.4, -0.2) is 13.1 Å². The third-order valence-electron chi connectivity index (χ3n) is 4.17. The molecule has 1 nitrogen and oxygen atoms in total. The van der Waals surface area contributed by atoms with Crippen molar-refractivity contribution >= 4 is 0 Å². The van der Waals surface area contributed by atoms with E-state index in [9.17, 15) is 0 Å². The van der Waals surface area contributed by atoms with Crippen molar-refractivity contribution in [1.82, 2.24) is 5.32 Å². The molecule has 16 heavy (non-hydrogen) atoms. The minimum atomic E-state index is 0.828. The molecular weight excluding hydrogens is 194 g/mol. The van der Waals surface area contributed by atoms with Crippen LogP contribution in [0.2, 0.25) is 0 Å². The molecule has 1 aliphatic rings. The highest BCUT2D eigenvalue weighted by Crippen LogP contribution is 2.29. The molecule has 0 radical (unpaired) electrons. The van der Waals surface area contributed by atoms with E-state index >= 15 is 0 Å². The summed E-state index contributed by atoms with van der Waals surface area (Å²) in [5.41, 5.74) is 0. The summed E-state index contributed by atoms with van der Waals surface area (Å²) < 4.78 is 0. The van der Waals surface area contributed by atoms with Crippen LogP contribution >= 0.6 is 0 Å². The van der Waals surface area contributed by atoms with Crippen LogP contribution in [-0.2, 0) is 0 Å². The Bertz CT molecular complexity index is 156. The van der Waals surface area contributed by atoms with Gasteiger partial charge in [-0.2, -0.15) is 0 Å². The highest BCUT2D eigenvalue weighted by atomic mass is 14.9. The molecular formula is C15H31N. The SMILES string of the molecule is CCCCCCCCCC1CCC(NC)C1. The van der Waals surface area contributed by atoms with E-state index in [-0.39, 0.29) is 0 Å². The fourth-order valence-corrected chi connectivity index (χ4v) is 2.99. The molecule has 0 saturated heterocycles. The van der Waals surface area contributed by atoms with Gasteiger partial charge in [-0.05, 0) is 32.2 Å². The van der Waals surface area contributed by atoms with E-state index in [1.54, 1.807) is 0 Å². The highest BCUT2D eigenvalue weighted by molar-refractivity contribution is 4.79. The van der Waals surface area contributed by atoms with Crippen LogP contribution in [0.4, 0.5) is 0 Å². The van der Waals surface area contributed by atoms with Gasteiger partial charge in [-0.25, -0.2) is 0 Å². The fourth-order valence-electron chi connectivity index (χ4n) is 2.99. The first-order valence-electron chi connectivity index (χ1n) is 7.54. The van der Waals surface area contributed by atoms with Gasteiger partial charge in [0.15, 0.2) is 0 Å². The van der Waals surface area contributed by atoms with Crippen LogP contribution < -0.4 is 5.32 Å². The average Bonchev–Trinajstić information content (AvgIpc) is 2.76. The Morgan fingerprint density at radius 3 is 2.25 bits per heavy atom. The van der Waals surface area contributed by atoms with E-state index < -0.39 is 0 Å². The lowest BCUT2D eigenvalue weighted by Gasteiger charge is -2.10. The summed E-state index contributed by atoms with van der Waals surface area (Å²) in [4.78, 5) is 0. The number of rotatable bonds is 9. The normalized spacial score (nSPS) is 25.1. The standard InChI is InChI=1S/C15H31N/c1-3-4-5-6-7-8-9-10-14-11-12-15(13-14)16-2/h14-16H,3-13H2,1-2H3. The maximum atomic E-state index is 3.42. The Kier molecular flexibility index (Phi) is 7.92. The molecule has 1 saturated carbocycles. The van der Waals surface area contributed by atoms with Gasteiger partial charge in [-0.15, -0.1) is 0 Å². The Morgan fingerprint density at radius 2 is 1.62 bits per heavy atom. The zero-order valence-corrected chi connectivity index (χ0v) is 11.4. The van der Waals surface area contributed by atoms with E-state index in [1.807, 2.05) is 0 Å². The molecule has 0 aromatic heterocycles. The summed E-state index contributed by atoms with van der Waals surface area (Å²) in [6, 6.07) is 0.828. The second kappa shape index (κ2) is 9.04. The van der Waals surface area contributed by atoms with Crippen LogP contribution in [0.1, 0.15) is 77.6 Å². The lowest BCUT2D eigenvalue weighted by Crippen LogP contribution is -2.21. The molecule has 0 amide bonds. The van der Waals surface area contributed by atoms with Crippen LogP contribution in [0.5, 0.6) is 0 Å². The predicted molar refractivity (Wildman–Crippen MR) is 72.8 cm³/mol. The van der Waals surface area contributed by atoms with Crippen LogP contribution in [0.15, 0.2) is 0 Å². The Hall–Kier alpha value is -0.0400. The average molecular weight is 225 g/mol. The largest absolute Gasteiger partial charge is 0.317 e. The van der Waals surface area contributed by atoms with Crippen LogP contribution in [0.3, 0.4) is 0 Å². The van der Waals surface area contributed by atoms with Crippen LogP contribution in [0.25, 0.3) is 0 Å². The minimum Gasteiger partial charge on any atom is -0.317 e. The van der Waals surface area contributed by atoms with E-state index in [0.29, 0.717) is 0 Å². The first-order chi connectivity index (χ1) is 7.86. The molecule has 1 N–H and O–H groups in total. The molecule has 2 unspecified atom stereocenters.